The lowest BCUT2D eigenvalue weighted by molar-refractivity contribution is 0.111. The average molecular weight is 342 g/mol. The van der Waals surface area contributed by atoms with Crippen molar-refractivity contribution in [1.82, 2.24) is 0 Å². The second kappa shape index (κ2) is 6.20. The molecule has 0 aliphatic carbocycles. The van der Waals surface area contributed by atoms with Gasteiger partial charge in [-0.15, -0.1) is 0 Å². The van der Waals surface area contributed by atoms with Crippen LogP contribution >= 0.6 is 0 Å². The molecule has 0 radical (unpaired) electrons. The highest BCUT2D eigenvalue weighted by atomic mass is 16.5. The summed E-state index contributed by atoms with van der Waals surface area (Å²) in [5.41, 5.74) is 0.0697. The zero-order chi connectivity index (χ0) is 18.1. The van der Waals surface area contributed by atoms with Gasteiger partial charge in [0.1, 0.15) is 28.6 Å². The molecule has 0 fully saturated rings. The van der Waals surface area contributed by atoms with Gasteiger partial charge in [-0.2, -0.15) is 0 Å². The lowest BCUT2D eigenvalue weighted by Crippen LogP contribution is -2.01. The van der Waals surface area contributed by atoms with Crippen LogP contribution in [0, 0.1) is 0 Å². The van der Waals surface area contributed by atoms with Crippen LogP contribution in [0.3, 0.4) is 0 Å². The predicted octanol–water partition coefficient (Wildman–Crippen LogP) is 2.70. The van der Waals surface area contributed by atoms with Gasteiger partial charge in [-0.25, -0.2) is 4.79 Å². The van der Waals surface area contributed by atoms with Crippen molar-refractivity contribution in [3.05, 3.63) is 46.3 Å². The molecule has 0 bridgehead atoms. The molecule has 0 saturated heterocycles. The van der Waals surface area contributed by atoms with Gasteiger partial charge in [-0.1, -0.05) is 0 Å². The van der Waals surface area contributed by atoms with Crippen molar-refractivity contribution in [2.75, 3.05) is 14.2 Å². The maximum absolute atomic E-state index is 12.0. The minimum Gasteiger partial charge on any atom is -0.508 e. The molecule has 0 spiro atoms. The van der Waals surface area contributed by atoms with Crippen molar-refractivity contribution in [3.63, 3.8) is 0 Å². The molecule has 7 heteroatoms. The first-order chi connectivity index (χ1) is 12.0. The number of methoxy groups -OCH3 is 2. The van der Waals surface area contributed by atoms with Crippen molar-refractivity contribution in [3.8, 4) is 34.1 Å². The Kier molecular flexibility index (Phi) is 4.06. The predicted molar refractivity (Wildman–Crippen MR) is 89.7 cm³/mol. The van der Waals surface area contributed by atoms with E-state index in [1.165, 1.54) is 44.6 Å². The summed E-state index contributed by atoms with van der Waals surface area (Å²) in [6.07, 6.45) is 0.455. The van der Waals surface area contributed by atoms with E-state index in [9.17, 15) is 19.8 Å². The van der Waals surface area contributed by atoms with Gasteiger partial charge >= 0.3 is 5.63 Å². The molecule has 0 atom stereocenters. The number of benzene rings is 2. The largest absolute Gasteiger partial charge is 0.508 e. The Morgan fingerprint density at radius 2 is 1.72 bits per heavy atom. The van der Waals surface area contributed by atoms with Crippen molar-refractivity contribution in [2.45, 2.75) is 0 Å². The number of fused-ring (bicyclic) bond motifs is 1. The van der Waals surface area contributed by atoms with Gasteiger partial charge in [0.15, 0.2) is 6.29 Å². The Bertz CT molecular complexity index is 1030. The topological polar surface area (TPSA) is 106 Å². The lowest BCUT2D eigenvalue weighted by Gasteiger charge is -2.14. The number of aldehydes is 1. The van der Waals surface area contributed by atoms with Gasteiger partial charge in [0.2, 0.25) is 0 Å². The van der Waals surface area contributed by atoms with Gasteiger partial charge < -0.3 is 24.1 Å². The quantitative estimate of drug-likeness (QED) is 0.554. The molecule has 0 unspecified atom stereocenters. The fourth-order valence-corrected chi connectivity index (χ4v) is 2.70. The van der Waals surface area contributed by atoms with Crippen LogP contribution < -0.4 is 15.1 Å². The Labute approximate surface area is 141 Å². The smallest absolute Gasteiger partial charge is 0.336 e. The molecule has 2 N–H and O–H groups in total. The second-order valence-electron chi connectivity index (χ2n) is 5.20. The fraction of sp³-hybridized carbons (Fsp3) is 0.111. The molecule has 2 aromatic carbocycles. The van der Waals surface area contributed by atoms with E-state index >= 15 is 0 Å². The van der Waals surface area contributed by atoms with E-state index in [-0.39, 0.29) is 39.5 Å². The molecule has 1 heterocycles. The Balaban J connectivity index is 2.48. The van der Waals surface area contributed by atoms with E-state index in [1.807, 2.05) is 0 Å². The molecule has 0 aliphatic rings. The van der Waals surface area contributed by atoms with Crippen molar-refractivity contribution in [2.24, 2.45) is 0 Å². The maximum atomic E-state index is 12.0. The van der Waals surface area contributed by atoms with Crippen molar-refractivity contribution >= 4 is 17.3 Å². The van der Waals surface area contributed by atoms with Gasteiger partial charge in [0.25, 0.3) is 0 Å². The zero-order valence-electron chi connectivity index (χ0n) is 13.4. The van der Waals surface area contributed by atoms with Gasteiger partial charge in [0, 0.05) is 29.3 Å². The van der Waals surface area contributed by atoms with Crippen LogP contribution in [0.4, 0.5) is 0 Å². The normalized spacial score (nSPS) is 10.6. The molecule has 128 valence electrons. The second-order valence-corrected chi connectivity index (χ2v) is 5.20. The molecule has 25 heavy (non-hydrogen) atoms. The first-order valence-corrected chi connectivity index (χ1v) is 7.20. The standard InChI is InChI=1S/C18H14O7/c1-23-13-5-9(20)3-4-10(13)11-6-16(21)25-15-7-14(24-2)12(8-19)18(22)17(11)15/h3-8,20,22H,1-2H3. The number of carbonyl (C=O) groups is 1. The number of hydrogen-bond donors (Lipinski definition) is 2. The van der Waals surface area contributed by atoms with Crippen LogP contribution in [0.2, 0.25) is 0 Å². The highest BCUT2D eigenvalue weighted by Crippen LogP contribution is 2.42. The molecule has 3 rings (SSSR count). The summed E-state index contributed by atoms with van der Waals surface area (Å²) in [6, 6.07) is 6.86. The first-order valence-electron chi connectivity index (χ1n) is 7.20. The van der Waals surface area contributed by atoms with E-state index in [1.54, 1.807) is 0 Å². The van der Waals surface area contributed by atoms with Gasteiger partial charge in [-0.05, 0) is 12.1 Å². The minimum atomic E-state index is -0.655. The zero-order valence-corrected chi connectivity index (χ0v) is 13.4. The monoisotopic (exact) mass is 342 g/mol. The lowest BCUT2D eigenvalue weighted by atomic mass is 9.98. The molecule has 7 nitrogen and oxygen atoms in total. The Morgan fingerprint density at radius 1 is 1.00 bits per heavy atom. The fourth-order valence-electron chi connectivity index (χ4n) is 2.70. The minimum absolute atomic E-state index is 0.0210. The maximum Gasteiger partial charge on any atom is 0.336 e. The average Bonchev–Trinajstić information content (AvgIpc) is 2.60. The van der Waals surface area contributed by atoms with Gasteiger partial charge in [0.05, 0.1) is 25.2 Å². The number of hydrogen-bond acceptors (Lipinski definition) is 7. The van der Waals surface area contributed by atoms with E-state index < -0.39 is 5.63 Å². The van der Waals surface area contributed by atoms with E-state index in [0.29, 0.717) is 17.4 Å². The van der Waals surface area contributed by atoms with Crippen LogP contribution in [0.15, 0.2) is 39.5 Å². The van der Waals surface area contributed by atoms with Crippen LogP contribution in [0.1, 0.15) is 10.4 Å². The highest BCUT2D eigenvalue weighted by Gasteiger charge is 2.21. The number of rotatable bonds is 4. The summed E-state index contributed by atoms with van der Waals surface area (Å²) in [7, 11) is 2.74. The van der Waals surface area contributed by atoms with E-state index in [0.717, 1.165) is 0 Å². The molecular formula is C18H14O7. The highest BCUT2D eigenvalue weighted by molar-refractivity contribution is 6.04. The molecular weight excluding hydrogens is 328 g/mol. The van der Waals surface area contributed by atoms with Crippen LogP contribution in [-0.2, 0) is 0 Å². The Morgan fingerprint density at radius 3 is 2.36 bits per heavy atom. The van der Waals surface area contributed by atoms with Gasteiger partial charge in [-0.3, -0.25) is 4.79 Å². The number of phenols is 2. The Hall–Kier alpha value is -3.48. The molecule has 0 amide bonds. The first kappa shape index (κ1) is 16.4. The number of ether oxygens (including phenoxy) is 2. The van der Waals surface area contributed by atoms with Crippen LogP contribution in [0.25, 0.3) is 22.1 Å². The number of phenolic OH excluding ortho intramolecular Hbond substituents is 2. The van der Waals surface area contributed by atoms with E-state index in [2.05, 4.69) is 0 Å². The summed E-state index contributed by atoms with van der Waals surface area (Å²) < 4.78 is 15.4. The van der Waals surface area contributed by atoms with Crippen LogP contribution in [0.5, 0.6) is 23.0 Å². The molecule has 0 aliphatic heterocycles. The summed E-state index contributed by atoms with van der Waals surface area (Å²) in [5.74, 6) is -0.0293. The third-order valence-electron chi connectivity index (χ3n) is 3.82. The summed E-state index contributed by atoms with van der Waals surface area (Å²) in [5, 5.41) is 20.3. The third kappa shape index (κ3) is 2.65. The number of aromatic hydroxyl groups is 2. The molecule has 3 aromatic rings. The summed E-state index contributed by atoms with van der Waals surface area (Å²) in [4.78, 5) is 23.3. The SMILES string of the molecule is COc1cc(O)ccc1-c1cc(=O)oc2cc(OC)c(C=O)c(O)c12. The number of carbonyl (C=O) groups excluding carboxylic acids is 1. The van der Waals surface area contributed by atoms with Crippen molar-refractivity contribution < 1.29 is 28.9 Å². The third-order valence-corrected chi connectivity index (χ3v) is 3.82. The van der Waals surface area contributed by atoms with Crippen LogP contribution in [-0.4, -0.2) is 30.7 Å². The van der Waals surface area contributed by atoms with E-state index in [4.69, 9.17) is 13.9 Å². The summed E-state index contributed by atoms with van der Waals surface area (Å²) in [6.45, 7) is 0. The summed E-state index contributed by atoms with van der Waals surface area (Å²) >= 11 is 0. The molecule has 0 saturated carbocycles. The molecule has 1 aromatic heterocycles. The van der Waals surface area contributed by atoms with Crippen molar-refractivity contribution in [1.29, 1.82) is 0 Å².